The van der Waals surface area contributed by atoms with Crippen molar-refractivity contribution >= 4 is 15.8 Å². The normalized spacial score (nSPS) is 13.4. The molecule has 0 saturated carbocycles. The zero-order valence-corrected chi connectivity index (χ0v) is 9.70. The lowest BCUT2D eigenvalue weighted by Gasteiger charge is -2.13. The monoisotopic (exact) mass is 242 g/mol. The van der Waals surface area contributed by atoms with Crippen molar-refractivity contribution in [1.29, 1.82) is 0 Å². The van der Waals surface area contributed by atoms with E-state index in [9.17, 15) is 13.2 Å². The van der Waals surface area contributed by atoms with Gasteiger partial charge in [-0.2, -0.15) is 4.72 Å². The van der Waals surface area contributed by atoms with E-state index in [-0.39, 0.29) is 17.2 Å². The molecule has 0 aromatic heterocycles. The van der Waals surface area contributed by atoms with Gasteiger partial charge in [-0.15, -0.1) is 0 Å². The maximum Gasteiger partial charge on any atom is 0.241 e. The molecule has 1 aromatic carbocycles. The minimum Gasteiger partial charge on any atom is -0.328 e. The molecule has 3 N–H and O–H groups in total. The molecule has 1 aromatic rings. The molecule has 0 saturated heterocycles. The van der Waals surface area contributed by atoms with Crippen LogP contribution in [0, 0.1) is 0 Å². The van der Waals surface area contributed by atoms with Gasteiger partial charge in [0.2, 0.25) is 10.0 Å². The molecule has 0 spiro atoms. The van der Waals surface area contributed by atoms with Gasteiger partial charge in [-0.25, -0.2) is 8.42 Å². The maximum atomic E-state index is 11.8. The fourth-order valence-electron chi connectivity index (χ4n) is 1.15. The van der Waals surface area contributed by atoms with E-state index in [1.165, 1.54) is 19.1 Å². The number of Topliss-reactive ketones (excluding diaryl/α,β-unsaturated/α-hetero) is 1. The number of nitrogens with two attached hydrogens (primary N) is 1. The summed E-state index contributed by atoms with van der Waals surface area (Å²) in [5.74, 6) is -0.304. The van der Waals surface area contributed by atoms with Gasteiger partial charge in [-0.3, -0.25) is 4.79 Å². The van der Waals surface area contributed by atoms with Gasteiger partial charge in [0.25, 0.3) is 0 Å². The third-order valence-corrected chi connectivity index (χ3v) is 3.56. The maximum absolute atomic E-state index is 11.8. The molecule has 0 fully saturated rings. The lowest BCUT2D eigenvalue weighted by atomic mass is 10.2. The second kappa shape index (κ2) is 5.20. The molecule has 0 bridgehead atoms. The summed E-state index contributed by atoms with van der Waals surface area (Å²) in [5.41, 5.74) is 5.31. The highest BCUT2D eigenvalue weighted by Gasteiger charge is 2.21. The number of nitrogens with one attached hydrogen (secondary N) is 1. The second-order valence-corrected chi connectivity index (χ2v) is 5.05. The Morgan fingerprint density at radius 1 is 1.38 bits per heavy atom. The lowest BCUT2D eigenvalue weighted by molar-refractivity contribution is -0.118. The summed E-state index contributed by atoms with van der Waals surface area (Å²) in [6.07, 6.45) is 0. The Bertz CT molecular complexity index is 456. The zero-order chi connectivity index (χ0) is 12.2. The average Bonchev–Trinajstić information content (AvgIpc) is 2.27. The Balaban J connectivity index is 2.92. The first-order valence-corrected chi connectivity index (χ1v) is 6.23. The smallest absolute Gasteiger partial charge is 0.241 e. The average molecular weight is 242 g/mol. The molecular weight excluding hydrogens is 228 g/mol. The molecule has 0 radical (unpaired) electrons. The molecule has 88 valence electrons. The zero-order valence-electron chi connectivity index (χ0n) is 8.88. The number of hydrogen-bond donors (Lipinski definition) is 2. The van der Waals surface area contributed by atoms with Gasteiger partial charge in [0.05, 0.1) is 10.9 Å². The fraction of sp³-hybridized carbons (Fsp3) is 0.300. The molecule has 0 amide bonds. The van der Waals surface area contributed by atoms with Crippen LogP contribution in [-0.2, 0) is 14.8 Å². The van der Waals surface area contributed by atoms with Crippen molar-refractivity contribution in [2.24, 2.45) is 5.73 Å². The number of hydrogen-bond acceptors (Lipinski definition) is 4. The highest BCUT2D eigenvalue weighted by Crippen LogP contribution is 2.07. The molecule has 1 atom stereocenters. The van der Waals surface area contributed by atoms with E-state index in [2.05, 4.69) is 4.72 Å². The van der Waals surface area contributed by atoms with Crippen molar-refractivity contribution < 1.29 is 13.2 Å². The van der Waals surface area contributed by atoms with E-state index in [1.54, 1.807) is 18.2 Å². The van der Waals surface area contributed by atoms with Crippen LogP contribution in [0.3, 0.4) is 0 Å². The first kappa shape index (κ1) is 12.8. The summed E-state index contributed by atoms with van der Waals surface area (Å²) >= 11 is 0. The van der Waals surface area contributed by atoms with Gasteiger partial charge in [0.15, 0.2) is 0 Å². The minimum atomic E-state index is -3.67. The van der Waals surface area contributed by atoms with Crippen LogP contribution >= 0.6 is 0 Å². The Labute approximate surface area is 94.7 Å². The summed E-state index contributed by atoms with van der Waals surface area (Å²) in [5, 5.41) is 0. The fourth-order valence-corrected chi connectivity index (χ4v) is 2.44. The highest BCUT2D eigenvalue weighted by molar-refractivity contribution is 7.89. The first-order valence-electron chi connectivity index (χ1n) is 4.75. The molecule has 0 aliphatic carbocycles. The van der Waals surface area contributed by atoms with Crippen molar-refractivity contribution in [3.05, 3.63) is 30.3 Å². The molecule has 1 rings (SSSR count). The molecule has 6 heteroatoms. The van der Waals surface area contributed by atoms with E-state index in [4.69, 9.17) is 5.73 Å². The lowest BCUT2D eigenvalue weighted by Crippen LogP contribution is -2.44. The molecule has 1 unspecified atom stereocenters. The Morgan fingerprint density at radius 2 is 1.94 bits per heavy atom. The summed E-state index contributed by atoms with van der Waals surface area (Å²) in [6, 6.07) is 6.97. The van der Waals surface area contributed by atoms with Crippen LogP contribution in [0.25, 0.3) is 0 Å². The van der Waals surface area contributed by atoms with Crippen molar-refractivity contribution in [3.63, 3.8) is 0 Å². The van der Waals surface area contributed by atoms with E-state index in [0.29, 0.717) is 0 Å². The van der Waals surface area contributed by atoms with Crippen LogP contribution in [-0.4, -0.2) is 26.8 Å². The third-order valence-electron chi connectivity index (χ3n) is 2.08. The Morgan fingerprint density at radius 3 is 2.38 bits per heavy atom. The van der Waals surface area contributed by atoms with Crippen molar-refractivity contribution in [2.75, 3.05) is 6.54 Å². The number of benzene rings is 1. The molecule has 5 nitrogen and oxygen atoms in total. The summed E-state index contributed by atoms with van der Waals surface area (Å²) in [6.45, 7) is 1.24. The van der Waals surface area contributed by atoms with Crippen LogP contribution < -0.4 is 10.5 Å². The number of carbonyl (C=O) groups excluding carboxylic acids is 1. The van der Waals surface area contributed by atoms with E-state index < -0.39 is 16.1 Å². The largest absolute Gasteiger partial charge is 0.328 e. The van der Waals surface area contributed by atoms with E-state index in [1.807, 2.05) is 0 Å². The second-order valence-electron chi connectivity index (χ2n) is 3.33. The number of carbonyl (C=O) groups is 1. The quantitative estimate of drug-likeness (QED) is 0.753. The predicted molar refractivity (Wildman–Crippen MR) is 60.3 cm³/mol. The standard InChI is InChI=1S/C10H14N2O3S/c1-8(13)10(7-11)12-16(14,15)9-5-3-2-4-6-9/h2-6,10,12H,7,11H2,1H3. The summed E-state index contributed by atoms with van der Waals surface area (Å²) < 4.78 is 25.8. The van der Waals surface area contributed by atoms with E-state index >= 15 is 0 Å². The highest BCUT2D eigenvalue weighted by atomic mass is 32.2. The molecule has 16 heavy (non-hydrogen) atoms. The van der Waals surface area contributed by atoms with Crippen LogP contribution in [0.15, 0.2) is 35.2 Å². The molecular formula is C10H14N2O3S. The first-order chi connectivity index (χ1) is 7.47. The SMILES string of the molecule is CC(=O)C(CN)NS(=O)(=O)c1ccccc1. The number of rotatable bonds is 5. The summed E-state index contributed by atoms with van der Waals surface area (Å²) in [7, 11) is -3.67. The molecule has 0 heterocycles. The van der Waals surface area contributed by atoms with Crippen LogP contribution in [0.2, 0.25) is 0 Å². The van der Waals surface area contributed by atoms with Gasteiger partial charge < -0.3 is 5.73 Å². The van der Waals surface area contributed by atoms with Gasteiger partial charge in [0, 0.05) is 6.54 Å². The van der Waals surface area contributed by atoms with Crippen LogP contribution in [0.5, 0.6) is 0 Å². The van der Waals surface area contributed by atoms with Crippen LogP contribution in [0.1, 0.15) is 6.92 Å². The number of ketones is 1. The predicted octanol–water partition coefficient (Wildman–Crippen LogP) is -0.119. The van der Waals surface area contributed by atoms with Crippen molar-refractivity contribution in [1.82, 2.24) is 4.72 Å². The van der Waals surface area contributed by atoms with Gasteiger partial charge in [0.1, 0.15) is 5.78 Å². The summed E-state index contributed by atoms with van der Waals surface area (Å²) in [4.78, 5) is 11.2. The van der Waals surface area contributed by atoms with Gasteiger partial charge >= 0.3 is 0 Å². The van der Waals surface area contributed by atoms with Gasteiger partial charge in [-0.05, 0) is 19.1 Å². The van der Waals surface area contributed by atoms with Gasteiger partial charge in [-0.1, -0.05) is 18.2 Å². The van der Waals surface area contributed by atoms with E-state index in [0.717, 1.165) is 0 Å². The topological polar surface area (TPSA) is 89.3 Å². The van der Waals surface area contributed by atoms with Crippen molar-refractivity contribution in [3.8, 4) is 0 Å². The number of sulfonamides is 1. The van der Waals surface area contributed by atoms with Crippen molar-refractivity contribution in [2.45, 2.75) is 17.9 Å². The molecule has 0 aliphatic heterocycles. The minimum absolute atomic E-state index is 0.0542. The molecule has 0 aliphatic rings. The third kappa shape index (κ3) is 3.13. The Kier molecular flexibility index (Phi) is 4.17. The Hall–Kier alpha value is -1.24. The van der Waals surface area contributed by atoms with Crippen LogP contribution in [0.4, 0.5) is 0 Å².